The van der Waals surface area contributed by atoms with Crippen molar-refractivity contribution in [2.75, 3.05) is 26.2 Å². The van der Waals surface area contributed by atoms with E-state index in [2.05, 4.69) is 52.1 Å². The molecule has 1 aliphatic rings. The van der Waals surface area contributed by atoms with E-state index in [1.165, 1.54) is 16.5 Å². The second kappa shape index (κ2) is 8.70. The monoisotopic (exact) mass is 388 g/mol. The first kappa shape index (κ1) is 19.5. The van der Waals surface area contributed by atoms with E-state index in [-0.39, 0.29) is 5.91 Å². The van der Waals surface area contributed by atoms with Gasteiger partial charge in [-0.1, -0.05) is 18.2 Å². The minimum atomic E-state index is 0.161. The van der Waals surface area contributed by atoms with Gasteiger partial charge in [-0.3, -0.25) is 19.7 Å². The number of amides is 1. The van der Waals surface area contributed by atoms with Gasteiger partial charge in [0, 0.05) is 57.4 Å². The summed E-state index contributed by atoms with van der Waals surface area (Å²) in [7, 11) is 0. The van der Waals surface area contributed by atoms with E-state index in [0.717, 1.165) is 50.4 Å². The molecule has 0 bridgehead atoms. The largest absolute Gasteiger partial charge is 0.341 e. The minimum Gasteiger partial charge on any atom is -0.341 e. The summed E-state index contributed by atoms with van der Waals surface area (Å²) in [6, 6.07) is 14.7. The number of fused-ring (bicyclic) bond motifs is 1. The van der Waals surface area contributed by atoms with Crippen LogP contribution < -0.4 is 0 Å². The number of benzene rings is 1. The SMILES string of the molecule is CC(=O)N1CCN(Cc2ncccc2C)CC(Cc2ccc3ncccc3c2)C1. The zero-order valence-corrected chi connectivity index (χ0v) is 17.2. The van der Waals surface area contributed by atoms with Gasteiger partial charge in [-0.25, -0.2) is 0 Å². The Hall–Kier alpha value is -2.79. The maximum absolute atomic E-state index is 12.1. The Balaban J connectivity index is 1.53. The summed E-state index contributed by atoms with van der Waals surface area (Å²) in [6.45, 7) is 8.05. The molecule has 0 saturated carbocycles. The highest BCUT2D eigenvalue weighted by Crippen LogP contribution is 2.20. The second-order valence-corrected chi connectivity index (χ2v) is 8.07. The van der Waals surface area contributed by atoms with Gasteiger partial charge >= 0.3 is 0 Å². The molecule has 2 aromatic heterocycles. The van der Waals surface area contributed by atoms with Crippen LogP contribution in [0.1, 0.15) is 23.7 Å². The third kappa shape index (κ3) is 4.80. The van der Waals surface area contributed by atoms with E-state index < -0.39 is 0 Å². The average Bonchev–Trinajstić information content (AvgIpc) is 2.92. The molecule has 1 fully saturated rings. The third-order valence-corrected chi connectivity index (χ3v) is 5.81. The molecule has 1 atom stereocenters. The molecule has 1 aliphatic heterocycles. The molecule has 5 nitrogen and oxygen atoms in total. The number of aryl methyl sites for hydroxylation is 1. The van der Waals surface area contributed by atoms with Gasteiger partial charge in [0.05, 0.1) is 11.2 Å². The molecule has 150 valence electrons. The topological polar surface area (TPSA) is 49.3 Å². The second-order valence-electron chi connectivity index (χ2n) is 8.07. The number of hydrogen-bond donors (Lipinski definition) is 0. The lowest BCUT2D eigenvalue weighted by Gasteiger charge is -2.24. The molecule has 4 rings (SSSR count). The summed E-state index contributed by atoms with van der Waals surface area (Å²) in [5, 5.41) is 1.17. The number of hydrogen-bond acceptors (Lipinski definition) is 4. The van der Waals surface area contributed by atoms with Crippen LogP contribution in [0, 0.1) is 12.8 Å². The Bertz CT molecular complexity index is 1000. The Kier molecular flexibility index (Phi) is 5.86. The van der Waals surface area contributed by atoms with Crippen LogP contribution in [0.2, 0.25) is 0 Å². The normalized spacial score (nSPS) is 18.0. The lowest BCUT2D eigenvalue weighted by molar-refractivity contribution is -0.129. The van der Waals surface area contributed by atoms with Crippen LogP contribution in [0.5, 0.6) is 0 Å². The summed E-state index contributed by atoms with van der Waals surface area (Å²) in [5.74, 6) is 0.549. The van der Waals surface area contributed by atoms with Crippen molar-refractivity contribution in [2.24, 2.45) is 5.92 Å². The smallest absolute Gasteiger partial charge is 0.219 e. The Morgan fingerprint density at radius 3 is 2.72 bits per heavy atom. The molecule has 1 aromatic carbocycles. The van der Waals surface area contributed by atoms with Crippen LogP contribution in [0.4, 0.5) is 0 Å². The molecule has 3 heterocycles. The molecule has 1 unspecified atom stereocenters. The quantitative estimate of drug-likeness (QED) is 0.687. The first-order valence-corrected chi connectivity index (χ1v) is 10.3. The van der Waals surface area contributed by atoms with E-state index in [0.29, 0.717) is 5.92 Å². The molecule has 1 saturated heterocycles. The molecule has 0 radical (unpaired) electrons. The molecule has 0 aliphatic carbocycles. The number of rotatable bonds is 4. The summed E-state index contributed by atoms with van der Waals surface area (Å²) >= 11 is 0. The predicted octanol–water partition coefficient (Wildman–Crippen LogP) is 3.46. The van der Waals surface area contributed by atoms with Crippen molar-refractivity contribution < 1.29 is 4.79 Å². The molecule has 0 N–H and O–H groups in total. The number of nitrogens with zero attached hydrogens (tertiary/aromatic N) is 4. The molecule has 3 aromatic rings. The Labute approximate surface area is 172 Å². The molecular weight excluding hydrogens is 360 g/mol. The number of pyridine rings is 2. The highest BCUT2D eigenvalue weighted by atomic mass is 16.2. The summed E-state index contributed by atoms with van der Waals surface area (Å²) in [6.07, 6.45) is 4.64. The van der Waals surface area contributed by atoms with E-state index in [1.807, 2.05) is 29.4 Å². The van der Waals surface area contributed by atoms with Crippen LogP contribution >= 0.6 is 0 Å². The predicted molar refractivity (Wildman–Crippen MR) is 115 cm³/mol. The Morgan fingerprint density at radius 1 is 1.07 bits per heavy atom. The van der Waals surface area contributed by atoms with Crippen molar-refractivity contribution >= 4 is 16.8 Å². The van der Waals surface area contributed by atoms with Crippen LogP contribution in [0.3, 0.4) is 0 Å². The fourth-order valence-electron chi connectivity index (χ4n) is 4.22. The first-order valence-electron chi connectivity index (χ1n) is 10.3. The van der Waals surface area contributed by atoms with Gasteiger partial charge in [0.1, 0.15) is 0 Å². The van der Waals surface area contributed by atoms with Gasteiger partial charge in [-0.15, -0.1) is 0 Å². The zero-order valence-electron chi connectivity index (χ0n) is 17.2. The van der Waals surface area contributed by atoms with Crippen molar-refractivity contribution in [1.29, 1.82) is 0 Å². The molecular formula is C24H28N4O. The van der Waals surface area contributed by atoms with Gasteiger partial charge in [0.2, 0.25) is 5.91 Å². The standard InChI is InChI=1S/C24H28N4O/c1-18-5-3-9-26-24(18)17-27-11-12-28(19(2)29)16-21(15-27)13-20-7-8-23-22(14-20)6-4-10-25-23/h3-10,14,21H,11-13,15-17H2,1-2H3. The summed E-state index contributed by atoms with van der Waals surface area (Å²) in [5.41, 5.74) is 4.67. The van der Waals surface area contributed by atoms with Crippen LogP contribution in [-0.2, 0) is 17.8 Å². The lowest BCUT2D eigenvalue weighted by atomic mass is 9.97. The van der Waals surface area contributed by atoms with Gasteiger partial charge < -0.3 is 4.90 Å². The number of carbonyl (C=O) groups excluding carboxylic acids is 1. The third-order valence-electron chi connectivity index (χ3n) is 5.81. The van der Waals surface area contributed by atoms with Crippen LogP contribution in [-0.4, -0.2) is 51.9 Å². The number of carbonyl (C=O) groups is 1. The zero-order chi connectivity index (χ0) is 20.2. The van der Waals surface area contributed by atoms with Gasteiger partial charge in [-0.05, 0) is 54.7 Å². The average molecular weight is 389 g/mol. The van der Waals surface area contributed by atoms with Gasteiger partial charge in [0.15, 0.2) is 0 Å². The fourth-order valence-corrected chi connectivity index (χ4v) is 4.22. The van der Waals surface area contributed by atoms with Crippen molar-refractivity contribution in [2.45, 2.75) is 26.8 Å². The van der Waals surface area contributed by atoms with Crippen molar-refractivity contribution in [3.05, 3.63) is 71.7 Å². The van der Waals surface area contributed by atoms with Crippen LogP contribution in [0.25, 0.3) is 10.9 Å². The van der Waals surface area contributed by atoms with Crippen LogP contribution in [0.15, 0.2) is 54.9 Å². The molecule has 29 heavy (non-hydrogen) atoms. The van der Waals surface area contributed by atoms with Crippen molar-refractivity contribution in [3.8, 4) is 0 Å². The maximum atomic E-state index is 12.1. The first-order chi connectivity index (χ1) is 14.1. The molecule has 5 heteroatoms. The minimum absolute atomic E-state index is 0.161. The molecule has 1 amide bonds. The van der Waals surface area contributed by atoms with E-state index in [9.17, 15) is 4.79 Å². The summed E-state index contributed by atoms with van der Waals surface area (Å²) < 4.78 is 0. The van der Waals surface area contributed by atoms with Gasteiger partial charge in [0.25, 0.3) is 0 Å². The van der Waals surface area contributed by atoms with E-state index in [1.54, 1.807) is 6.92 Å². The fraction of sp³-hybridized carbons (Fsp3) is 0.375. The van der Waals surface area contributed by atoms with E-state index in [4.69, 9.17) is 0 Å². The lowest BCUT2D eigenvalue weighted by Crippen LogP contribution is -2.34. The summed E-state index contributed by atoms with van der Waals surface area (Å²) in [4.78, 5) is 25.6. The van der Waals surface area contributed by atoms with Crippen molar-refractivity contribution in [3.63, 3.8) is 0 Å². The van der Waals surface area contributed by atoms with Gasteiger partial charge in [-0.2, -0.15) is 0 Å². The maximum Gasteiger partial charge on any atom is 0.219 e. The highest BCUT2D eigenvalue weighted by Gasteiger charge is 2.25. The van der Waals surface area contributed by atoms with Crippen molar-refractivity contribution in [1.82, 2.24) is 19.8 Å². The number of aromatic nitrogens is 2. The Morgan fingerprint density at radius 2 is 1.90 bits per heavy atom. The van der Waals surface area contributed by atoms with E-state index >= 15 is 0 Å². The molecule has 0 spiro atoms. The highest BCUT2D eigenvalue weighted by molar-refractivity contribution is 5.78.